The minimum atomic E-state index is -0.890. The van der Waals surface area contributed by atoms with E-state index in [9.17, 15) is 9.59 Å². The van der Waals surface area contributed by atoms with Crippen molar-refractivity contribution in [2.24, 2.45) is 11.8 Å². The van der Waals surface area contributed by atoms with Crippen LogP contribution in [0.5, 0.6) is 0 Å². The number of hydrogen-bond acceptors (Lipinski definition) is 2. The first-order chi connectivity index (χ1) is 8.58. The molecule has 0 aromatic heterocycles. The van der Waals surface area contributed by atoms with Gasteiger partial charge < -0.3 is 10.4 Å². The van der Waals surface area contributed by atoms with Crippen LogP contribution < -0.4 is 5.32 Å². The Hall–Kier alpha value is -1.55. The molecule has 0 bridgehead atoms. The van der Waals surface area contributed by atoms with E-state index < -0.39 is 17.8 Å². The number of carboxylic acid groups (broad SMARTS) is 1. The maximum Gasteiger partial charge on any atom is 0.307 e. The molecule has 0 unspecified atom stereocenters. The summed E-state index contributed by atoms with van der Waals surface area (Å²) >= 11 is 5.82. The highest BCUT2D eigenvalue weighted by Crippen LogP contribution is 2.33. The molecule has 96 valence electrons. The van der Waals surface area contributed by atoms with Gasteiger partial charge >= 0.3 is 5.97 Å². The third-order valence-electron chi connectivity index (χ3n) is 3.26. The van der Waals surface area contributed by atoms with Gasteiger partial charge in [0.1, 0.15) is 0 Å². The lowest BCUT2D eigenvalue weighted by atomic mass is 9.95. The number of benzene rings is 1. The van der Waals surface area contributed by atoms with E-state index in [1.54, 1.807) is 24.3 Å². The Morgan fingerprint density at radius 1 is 1.28 bits per heavy atom. The first kappa shape index (κ1) is 12.9. The predicted octanol–water partition coefficient (Wildman–Crippen LogP) is 2.78. The summed E-state index contributed by atoms with van der Waals surface area (Å²) in [6, 6.07) is 6.83. The van der Waals surface area contributed by atoms with Gasteiger partial charge in [0.15, 0.2) is 0 Å². The van der Waals surface area contributed by atoms with Gasteiger partial charge in [-0.15, -0.1) is 0 Å². The topological polar surface area (TPSA) is 66.4 Å². The summed E-state index contributed by atoms with van der Waals surface area (Å²) in [5.74, 6) is -2.13. The molecule has 1 aliphatic carbocycles. The Bertz CT molecular complexity index is 475. The Balaban J connectivity index is 2.06. The molecular weight excluding hydrogens is 254 g/mol. The molecular formula is C13H14ClNO3. The Morgan fingerprint density at radius 3 is 2.67 bits per heavy atom. The molecule has 2 N–H and O–H groups in total. The number of aliphatic carboxylic acids is 1. The molecule has 0 aliphatic heterocycles. The lowest BCUT2D eigenvalue weighted by Gasteiger charge is -2.15. The molecule has 18 heavy (non-hydrogen) atoms. The second kappa shape index (κ2) is 5.40. The summed E-state index contributed by atoms with van der Waals surface area (Å²) in [4.78, 5) is 23.0. The van der Waals surface area contributed by atoms with Gasteiger partial charge in [-0.05, 0) is 31.0 Å². The van der Waals surface area contributed by atoms with Crippen molar-refractivity contribution in [2.75, 3.05) is 5.32 Å². The van der Waals surface area contributed by atoms with Gasteiger partial charge in [-0.1, -0.05) is 24.1 Å². The van der Waals surface area contributed by atoms with Gasteiger partial charge in [-0.3, -0.25) is 9.59 Å². The van der Waals surface area contributed by atoms with Crippen LogP contribution in [-0.2, 0) is 9.59 Å². The highest BCUT2D eigenvalue weighted by molar-refractivity contribution is 6.30. The number of carbonyl (C=O) groups is 2. The smallest absolute Gasteiger partial charge is 0.307 e. The van der Waals surface area contributed by atoms with Crippen molar-refractivity contribution < 1.29 is 14.7 Å². The van der Waals surface area contributed by atoms with Crippen LogP contribution in [-0.4, -0.2) is 17.0 Å². The largest absolute Gasteiger partial charge is 0.481 e. The second-order valence-electron chi connectivity index (χ2n) is 4.48. The van der Waals surface area contributed by atoms with Crippen molar-refractivity contribution in [3.63, 3.8) is 0 Å². The van der Waals surface area contributed by atoms with E-state index >= 15 is 0 Å². The van der Waals surface area contributed by atoms with Crippen LogP contribution in [0.25, 0.3) is 0 Å². The average Bonchev–Trinajstić information content (AvgIpc) is 2.77. The number of halogens is 1. The second-order valence-corrected chi connectivity index (χ2v) is 4.92. The molecule has 1 amide bonds. The number of nitrogens with one attached hydrogen (secondary N) is 1. The Morgan fingerprint density at radius 2 is 2.00 bits per heavy atom. The van der Waals surface area contributed by atoms with Crippen molar-refractivity contribution in [3.05, 3.63) is 29.3 Å². The van der Waals surface area contributed by atoms with Gasteiger partial charge in [0.25, 0.3) is 0 Å². The summed E-state index contributed by atoms with van der Waals surface area (Å²) in [5.41, 5.74) is 0.600. The van der Waals surface area contributed by atoms with Crippen LogP contribution in [0.4, 0.5) is 5.69 Å². The first-order valence-electron chi connectivity index (χ1n) is 5.87. The maximum atomic E-state index is 12.0. The van der Waals surface area contributed by atoms with Crippen LogP contribution in [0, 0.1) is 11.8 Å². The monoisotopic (exact) mass is 267 g/mol. The Kier molecular flexibility index (Phi) is 3.87. The van der Waals surface area contributed by atoms with E-state index in [1.165, 1.54) is 0 Å². The third-order valence-corrected chi connectivity index (χ3v) is 3.50. The minimum Gasteiger partial charge on any atom is -0.481 e. The van der Waals surface area contributed by atoms with Crippen LogP contribution in [0.15, 0.2) is 24.3 Å². The zero-order valence-electron chi connectivity index (χ0n) is 9.73. The van der Waals surface area contributed by atoms with Crippen LogP contribution in [0.2, 0.25) is 5.02 Å². The lowest BCUT2D eigenvalue weighted by molar-refractivity contribution is -0.145. The normalized spacial score (nSPS) is 22.7. The molecule has 1 aromatic carbocycles. The SMILES string of the molecule is O=C(O)[C@H]1CCC[C@H]1C(=O)Nc1cccc(Cl)c1. The number of amides is 1. The zero-order valence-corrected chi connectivity index (χ0v) is 10.5. The van der Waals surface area contributed by atoms with E-state index in [2.05, 4.69) is 5.32 Å². The van der Waals surface area contributed by atoms with E-state index in [1.807, 2.05) is 0 Å². The van der Waals surface area contributed by atoms with Gasteiger partial charge in [0.05, 0.1) is 11.8 Å². The fourth-order valence-corrected chi connectivity index (χ4v) is 2.56. The molecule has 1 saturated carbocycles. The predicted molar refractivity (Wildman–Crippen MR) is 68.5 cm³/mol. The molecule has 0 heterocycles. The first-order valence-corrected chi connectivity index (χ1v) is 6.25. The van der Waals surface area contributed by atoms with Gasteiger partial charge in [0.2, 0.25) is 5.91 Å². The summed E-state index contributed by atoms with van der Waals surface area (Å²) in [6.45, 7) is 0. The highest BCUT2D eigenvalue weighted by atomic mass is 35.5. The van der Waals surface area contributed by atoms with Crippen molar-refractivity contribution >= 4 is 29.2 Å². The molecule has 1 fully saturated rings. The van der Waals surface area contributed by atoms with Gasteiger partial charge in [-0.25, -0.2) is 0 Å². The number of carboxylic acids is 1. The zero-order chi connectivity index (χ0) is 13.1. The van der Waals surface area contributed by atoms with Crippen molar-refractivity contribution in [3.8, 4) is 0 Å². The molecule has 1 aliphatic rings. The Labute approximate surface area is 110 Å². The lowest BCUT2D eigenvalue weighted by Crippen LogP contribution is -2.29. The van der Waals surface area contributed by atoms with E-state index in [4.69, 9.17) is 16.7 Å². The molecule has 1 aromatic rings. The fourth-order valence-electron chi connectivity index (χ4n) is 2.37. The molecule has 2 rings (SSSR count). The molecule has 4 nitrogen and oxygen atoms in total. The van der Waals surface area contributed by atoms with E-state index in [0.29, 0.717) is 23.6 Å². The molecule has 2 atom stereocenters. The van der Waals surface area contributed by atoms with Gasteiger partial charge in [-0.2, -0.15) is 0 Å². The maximum absolute atomic E-state index is 12.0. The third kappa shape index (κ3) is 2.82. The molecule has 5 heteroatoms. The summed E-state index contributed by atoms with van der Waals surface area (Å²) in [7, 11) is 0. The summed E-state index contributed by atoms with van der Waals surface area (Å²) in [5, 5.41) is 12.3. The number of carbonyl (C=O) groups excluding carboxylic acids is 1. The van der Waals surface area contributed by atoms with Crippen LogP contribution in [0.3, 0.4) is 0 Å². The fraction of sp³-hybridized carbons (Fsp3) is 0.385. The number of anilines is 1. The average molecular weight is 268 g/mol. The minimum absolute atomic E-state index is 0.234. The summed E-state index contributed by atoms with van der Waals surface area (Å²) in [6.07, 6.45) is 1.98. The van der Waals surface area contributed by atoms with Crippen LogP contribution in [0.1, 0.15) is 19.3 Å². The van der Waals surface area contributed by atoms with E-state index in [-0.39, 0.29) is 5.91 Å². The number of rotatable bonds is 3. The highest BCUT2D eigenvalue weighted by Gasteiger charge is 2.37. The van der Waals surface area contributed by atoms with E-state index in [0.717, 1.165) is 6.42 Å². The molecule has 0 saturated heterocycles. The van der Waals surface area contributed by atoms with Crippen molar-refractivity contribution in [2.45, 2.75) is 19.3 Å². The van der Waals surface area contributed by atoms with Crippen molar-refractivity contribution in [1.29, 1.82) is 0 Å². The van der Waals surface area contributed by atoms with Crippen LogP contribution >= 0.6 is 11.6 Å². The molecule has 0 spiro atoms. The van der Waals surface area contributed by atoms with Gasteiger partial charge in [0, 0.05) is 10.7 Å². The quantitative estimate of drug-likeness (QED) is 0.885. The van der Waals surface area contributed by atoms with Crippen molar-refractivity contribution in [1.82, 2.24) is 0 Å². The standard InChI is InChI=1S/C13H14ClNO3/c14-8-3-1-4-9(7-8)15-12(16)10-5-2-6-11(10)13(17)18/h1,3-4,7,10-11H,2,5-6H2,(H,15,16)(H,17,18)/t10-,11+/m1/s1. The number of hydrogen-bond donors (Lipinski definition) is 2. The summed E-state index contributed by atoms with van der Waals surface area (Å²) < 4.78 is 0. The molecule has 0 radical (unpaired) electrons.